The lowest BCUT2D eigenvalue weighted by Gasteiger charge is -2.29. The summed E-state index contributed by atoms with van der Waals surface area (Å²) < 4.78 is 13.1. The minimum absolute atomic E-state index is 0.233. The van der Waals surface area contributed by atoms with Crippen molar-refractivity contribution in [2.24, 2.45) is 0 Å². The van der Waals surface area contributed by atoms with Gasteiger partial charge in [0.05, 0.1) is 19.3 Å². The van der Waals surface area contributed by atoms with E-state index in [1.54, 1.807) is 11.8 Å². The number of nitrogens with one attached hydrogen (secondary N) is 2. The van der Waals surface area contributed by atoms with Crippen molar-refractivity contribution in [3.8, 4) is 11.5 Å². The number of carbonyl (C=O) groups is 1. The van der Waals surface area contributed by atoms with E-state index in [2.05, 4.69) is 10.6 Å². The van der Waals surface area contributed by atoms with Gasteiger partial charge in [0, 0.05) is 22.2 Å². The van der Waals surface area contributed by atoms with Crippen LogP contribution < -0.4 is 20.1 Å². The van der Waals surface area contributed by atoms with Gasteiger partial charge in [-0.1, -0.05) is 65.8 Å². The number of benzene rings is 3. The fourth-order valence-corrected chi connectivity index (χ4v) is 5.70. The molecule has 206 valence electrons. The molecule has 0 saturated heterocycles. The number of allylic oxidation sites excluding steroid dienone is 1. The molecule has 40 heavy (non-hydrogen) atoms. The van der Waals surface area contributed by atoms with Gasteiger partial charge >= 0.3 is 0 Å². The molecule has 0 fully saturated rings. The van der Waals surface area contributed by atoms with Crippen molar-refractivity contribution in [3.63, 3.8) is 0 Å². The Kier molecular flexibility index (Phi) is 8.32. The van der Waals surface area contributed by atoms with Crippen molar-refractivity contribution in [2.75, 3.05) is 24.4 Å². The Labute approximate surface area is 242 Å². The summed E-state index contributed by atoms with van der Waals surface area (Å²) in [6.45, 7) is 6.26. The Balaban J connectivity index is 1.54. The number of fused-ring (bicyclic) bond motifs is 1. The first kappa shape index (κ1) is 27.6. The normalized spacial score (nSPS) is 14.4. The second-order valence-corrected chi connectivity index (χ2v) is 10.6. The molecule has 8 nitrogen and oxygen atoms in total. The van der Waals surface area contributed by atoms with E-state index in [9.17, 15) is 4.79 Å². The molecule has 1 aromatic heterocycles. The molecule has 3 aromatic carbocycles. The Morgan fingerprint density at radius 3 is 2.62 bits per heavy atom. The second-order valence-electron chi connectivity index (χ2n) is 9.22. The Hall–Kier alpha value is -3.95. The van der Waals surface area contributed by atoms with Gasteiger partial charge in [-0.05, 0) is 61.7 Å². The predicted molar refractivity (Wildman–Crippen MR) is 159 cm³/mol. The minimum Gasteiger partial charge on any atom is -0.493 e. The summed E-state index contributed by atoms with van der Waals surface area (Å²) in [6, 6.07) is 20.5. The molecule has 2 N–H and O–H groups in total. The van der Waals surface area contributed by atoms with Crippen LogP contribution in [0.25, 0.3) is 0 Å². The third-order valence-electron chi connectivity index (χ3n) is 6.59. The van der Waals surface area contributed by atoms with Crippen LogP contribution in [-0.2, 0) is 10.5 Å². The van der Waals surface area contributed by atoms with Crippen LogP contribution in [0, 0.1) is 6.92 Å². The zero-order valence-corrected chi connectivity index (χ0v) is 24.3. The number of aryl methyl sites for hydroxylation is 1. The summed E-state index contributed by atoms with van der Waals surface area (Å²) in [7, 11) is 1.60. The number of nitrogens with zero attached hydrogens (tertiary/aromatic N) is 3. The molecule has 0 bridgehead atoms. The maximum atomic E-state index is 13.9. The lowest BCUT2D eigenvalue weighted by Crippen LogP contribution is -2.31. The molecular weight excluding hydrogens is 546 g/mol. The highest BCUT2D eigenvalue weighted by atomic mass is 35.5. The van der Waals surface area contributed by atoms with Gasteiger partial charge < -0.3 is 20.1 Å². The highest BCUT2D eigenvalue weighted by Crippen LogP contribution is 2.40. The Morgan fingerprint density at radius 2 is 1.88 bits per heavy atom. The number of aromatic nitrogens is 3. The summed E-state index contributed by atoms with van der Waals surface area (Å²) in [5.41, 5.74) is 4.73. The summed E-state index contributed by atoms with van der Waals surface area (Å²) >= 11 is 7.84. The molecule has 1 unspecified atom stereocenters. The summed E-state index contributed by atoms with van der Waals surface area (Å²) in [4.78, 5) is 18.6. The molecular formula is C30H30ClN5O3S. The van der Waals surface area contributed by atoms with Gasteiger partial charge in [-0.15, -0.1) is 5.10 Å². The molecule has 2 heterocycles. The van der Waals surface area contributed by atoms with Crippen molar-refractivity contribution in [1.29, 1.82) is 0 Å². The van der Waals surface area contributed by atoms with E-state index >= 15 is 0 Å². The van der Waals surface area contributed by atoms with Gasteiger partial charge in [-0.3, -0.25) is 4.79 Å². The first-order valence-corrected chi connectivity index (χ1v) is 14.2. The largest absolute Gasteiger partial charge is 0.493 e. The molecule has 0 saturated carbocycles. The number of thioether (sulfide) groups is 1. The molecule has 5 rings (SSSR count). The van der Waals surface area contributed by atoms with Crippen molar-refractivity contribution < 1.29 is 14.3 Å². The zero-order valence-electron chi connectivity index (χ0n) is 22.7. The molecule has 1 atom stereocenters. The molecule has 1 aliphatic rings. The van der Waals surface area contributed by atoms with Crippen LogP contribution in [0.4, 0.5) is 11.6 Å². The fraction of sp³-hybridized carbons (Fsp3) is 0.233. The Morgan fingerprint density at radius 1 is 1.10 bits per heavy atom. The van der Waals surface area contributed by atoms with Gasteiger partial charge in [0.25, 0.3) is 5.91 Å². The van der Waals surface area contributed by atoms with Crippen LogP contribution in [0.5, 0.6) is 11.5 Å². The van der Waals surface area contributed by atoms with Gasteiger partial charge in [0.15, 0.2) is 11.5 Å². The van der Waals surface area contributed by atoms with E-state index in [1.807, 2.05) is 87.5 Å². The van der Waals surface area contributed by atoms with E-state index in [-0.39, 0.29) is 5.91 Å². The van der Waals surface area contributed by atoms with Gasteiger partial charge in [0.2, 0.25) is 11.1 Å². The number of carbonyl (C=O) groups excluding carboxylic acids is 1. The molecule has 4 aromatic rings. The maximum Gasteiger partial charge on any atom is 0.255 e. The number of ether oxygens (including phenoxy) is 2. The number of methoxy groups -OCH3 is 1. The summed E-state index contributed by atoms with van der Waals surface area (Å²) in [5.74, 6) is 2.12. The highest BCUT2D eigenvalue weighted by molar-refractivity contribution is 7.98. The molecule has 0 aliphatic carbocycles. The molecule has 0 spiro atoms. The van der Waals surface area contributed by atoms with Crippen molar-refractivity contribution >= 4 is 40.9 Å². The topological polar surface area (TPSA) is 90.3 Å². The number of amides is 1. The standard InChI is InChI=1S/C30H30ClN5O3S/c1-5-39-24-15-14-20(16-25(24)38-4)27-26(28(37)33-23-13-9-6-10-18(23)2)19(3)32-29-34-30(35-36(27)29)40-17-21-11-7-8-12-22(21)31/h6-16,27H,5,17H2,1-4H3,(H,33,37)(H,32,34,35). The van der Waals surface area contributed by atoms with E-state index < -0.39 is 6.04 Å². The molecule has 10 heteroatoms. The predicted octanol–water partition coefficient (Wildman–Crippen LogP) is 6.87. The lowest BCUT2D eigenvalue weighted by molar-refractivity contribution is -0.113. The molecule has 0 radical (unpaired) electrons. The van der Waals surface area contributed by atoms with E-state index in [1.165, 1.54) is 11.8 Å². The van der Waals surface area contributed by atoms with E-state index in [0.29, 0.717) is 51.3 Å². The van der Waals surface area contributed by atoms with Crippen LogP contribution in [-0.4, -0.2) is 34.4 Å². The Bertz CT molecular complexity index is 1590. The number of rotatable bonds is 9. The van der Waals surface area contributed by atoms with Crippen LogP contribution in [0.3, 0.4) is 0 Å². The van der Waals surface area contributed by atoms with Crippen molar-refractivity contribution in [3.05, 3.63) is 99.7 Å². The first-order chi connectivity index (χ1) is 19.4. The van der Waals surface area contributed by atoms with Crippen molar-refractivity contribution in [2.45, 2.75) is 37.7 Å². The molecule has 1 amide bonds. The van der Waals surface area contributed by atoms with Crippen LogP contribution in [0.1, 0.15) is 36.6 Å². The number of hydrogen-bond acceptors (Lipinski definition) is 7. The maximum absolute atomic E-state index is 13.9. The number of halogens is 1. The smallest absolute Gasteiger partial charge is 0.255 e. The zero-order chi connectivity index (χ0) is 28.2. The molecule has 1 aliphatic heterocycles. The minimum atomic E-state index is -0.563. The number of para-hydroxylation sites is 1. The van der Waals surface area contributed by atoms with Gasteiger partial charge in [-0.25, -0.2) is 4.68 Å². The number of hydrogen-bond donors (Lipinski definition) is 2. The van der Waals surface area contributed by atoms with Gasteiger partial charge in [-0.2, -0.15) is 4.98 Å². The quantitative estimate of drug-likeness (QED) is 0.210. The summed E-state index contributed by atoms with van der Waals surface area (Å²) in [5, 5.41) is 12.5. The van der Waals surface area contributed by atoms with Crippen LogP contribution >= 0.6 is 23.4 Å². The summed E-state index contributed by atoms with van der Waals surface area (Å²) in [6.07, 6.45) is 0. The SMILES string of the molecule is CCOc1ccc(C2C(C(=O)Nc3ccccc3C)=C(C)Nc3nc(SCc4ccccc4Cl)nn32)cc1OC. The van der Waals surface area contributed by atoms with Crippen LogP contribution in [0.15, 0.2) is 83.2 Å². The third kappa shape index (κ3) is 5.66. The first-order valence-electron chi connectivity index (χ1n) is 12.9. The van der Waals surface area contributed by atoms with Gasteiger partial charge in [0.1, 0.15) is 6.04 Å². The monoisotopic (exact) mass is 575 g/mol. The number of anilines is 2. The lowest BCUT2D eigenvalue weighted by atomic mass is 9.94. The van der Waals surface area contributed by atoms with Crippen LogP contribution in [0.2, 0.25) is 5.02 Å². The second kappa shape index (κ2) is 12.1. The van der Waals surface area contributed by atoms with Crippen molar-refractivity contribution in [1.82, 2.24) is 14.8 Å². The average molecular weight is 576 g/mol. The highest BCUT2D eigenvalue weighted by Gasteiger charge is 2.35. The van der Waals surface area contributed by atoms with E-state index in [0.717, 1.165) is 22.4 Å². The third-order valence-corrected chi connectivity index (χ3v) is 7.84. The fourth-order valence-electron chi connectivity index (χ4n) is 4.58. The van der Waals surface area contributed by atoms with E-state index in [4.69, 9.17) is 31.2 Å². The average Bonchev–Trinajstić information content (AvgIpc) is 3.35.